The van der Waals surface area contributed by atoms with Gasteiger partial charge in [-0.2, -0.15) is 5.10 Å². The zero-order valence-corrected chi connectivity index (χ0v) is 14.5. The van der Waals surface area contributed by atoms with Crippen LogP contribution in [0.3, 0.4) is 0 Å². The first kappa shape index (κ1) is 16.7. The first-order chi connectivity index (χ1) is 10.6. The first-order valence-electron chi connectivity index (χ1n) is 6.99. The lowest BCUT2D eigenvalue weighted by Crippen LogP contribution is -2.20. The van der Waals surface area contributed by atoms with Crippen molar-refractivity contribution in [2.75, 3.05) is 0 Å². The van der Waals surface area contributed by atoms with Gasteiger partial charge in [0.1, 0.15) is 0 Å². The Balaban J connectivity index is 2.18. The summed E-state index contributed by atoms with van der Waals surface area (Å²) in [6.45, 7) is 2.07. The average molecular weight is 380 g/mol. The van der Waals surface area contributed by atoms with E-state index in [0.717, 1.165) is 28.6 Å². The molecule has 2 aromatic carbocycles. The highest BCUT2D eigenvalue weighted by molar-refractivity contribution is 9.10. The number of benzene rings is 2. The molecular weight excluding hydrogens is 364 g/mol. The van der Waals surface area contributed by atoms with Crippen molar-refractivity contribution in [1.29, 1.82) is 0 Å². The highest BCUT2D eigenvalue weighted by Crippen LogP contribution is 2.16. The summed E-state index contributed by atoms with van der Waals surface area (Å²) in [7, 11) is 0. The molecule has 0 saturated carbocycles. The lowest BCUT2D eigenvalue weighted by molar-refractivity contribution is 0.0954. The van der Waals surface area contributed by atoms with Crippen LogP contribution in [0.4, 0.5) is 0 Å². The van der Waals surface area contributed by atoms with Crippen molar-refractivity contribution in [2.24, 2.45) is 5.10 Å². The molecule has 0 bridgehead atoms. The number of hydrogen-bond acceptors (Lipinski definition) is 2. The summed E-state index contributed by atoms with van der Waals surface area (Å²) in [6, 6.07) is 14.7. The number of nitrogens with zero attached hydrogens (tertiary/aromatic N) is 1. The predicted octanol–water partition coefficient (Wildman–Crippen LogP) is 5.04. The SMILES string of the molecule is CCC/C(=N/NC(=O)c1ccccc1Br)c1ccc(Cl)cc1. The molecule has 22 heavy (non-hydrogen) atoms. The standard InChI is InChI=1S/C17H16BrClN2O/c1-2-5-16(12-8-10-13(19)11-9-12)20-21-17(22)14-6-3-4-7-15(14)18/h3-4,6-11H,2,5H2,1H3,(H,21,22)/b20-16-. The van der Waals surface area contributed by atoms with Gasteiger partial charge in [0.2, 0.25) is 0 Å². The van der Waals surface area contributed by atoms with E-state index in [2.05, 4.69) is 33.4 Å². The van der Waals surface area contributed by atoms with Gasteiger partial charge >= 0.3 is 0 Å². The Kier molecular flexibility index (Phi) is 6.16. The number of carbonyl (C=O) groups excluding carboxylic acids is 1. The molecule has 0 unspecified atom stereocenters. The summed E-state index contributed by atoms with van der Waals surface area (Å²) < 4.78 is 0.742. The Morgan fingerprint density at radius 3 is 2.50 bits per heavy atom. The summed E-state index contributed by atoms with van der Waals surface area (Å²) in [5, 5.41) is 4.96. The van der Waals surface area contributed by atoms with Gasteiger partial charge in [-0.05, 0) is 52.2 Å². The molecule has 5 heteroatoms. The van der Waals surface area contributed by atoms with Gasteiger partial charge in [-0.25, -0.2) is 5.43 Å². The largest absolute Gasteiger partial charge is 0.272 e. The summed E-state index contributed by atoms with van der Waals surface area (Å²) in [5.41, 5.74) is 4.97. The van der Waals surface area contributed by atoms with Crippen LogP contribution in [0.5, 0.6) is 0 Å². The Morgan fingerprint density at radius 1 is 1.18 bits per heavy atom. The van der Waals surface area contributed by atoms with Crippen molar-refractivity contribution in [3.05, 3.63) is 69.2 Å². The van der Waals surface area contributed by atoms with Crippen LogP contribution >= 0.6 is 27.5 Å². The van der Waals surface area contributed by atoms with Crippen molar-refractivity contribution >= 4 is 39.1 Å². The van der Waals surface area contributed by atoms with E-state index in [9.17, 15) is 4.79 Å². The van der Waals surface area contributed by atoms with Crippen LogP contribution in [0, 0.1) is 0 Å². The zero-order chi connectivity index (χ0) is 15.9. The van der Waals surface area contributed by atoms with Crippen LogP contribution in [0.1, 0.15) is 35.7 Å². The van der Waals surface area contributed by atoms with Gasteiger partial charge in [-0.15, -0.1) is 0 Å². The van der Waals surface area contributed by atoms with Crippen LogP contribution in [0.25, 0.3) is 0 Å². The second kappa shape index (κ2) is 8.11. The lowest BCUT2D eigenvalue weighted by Gasteiger charge is -2.07. The molecule has 2 aromatic rings. The number of halogens is 2. The number of rotatable bonds is 5. The zero-order valence-electron chi connectivity index (χ0n) is 12.1. The molecule has 0 saturated heterocycles. The minimum absolute atomic E-state index is 0.241. The molecule has 114 valence electrons. The van der Waals surface area contributed by atoms with Crippen LogP contribution < -0.4 is 5.43 Å². The van der Waals surface area contributed by atoms with Crippen molar-refractivity contribution < 1.29 is 4.79 Å². The monoisotopic (exact) mass is 378 g/mol. The fourth-order valence-electron chi connectivity index (χ4n) is 1.97. The van der Waals surface area contributed by atoms with Gasteiger partial charge in [0.15, 0.2) is 0 Å². The summed E-state index contributed by atoms with van der Waals surface area (Å²) >= 11 is 9.27. The third kappa shape index (κ3) is 4.42. The van der Waals surface area contributed by atoms with Gasteiger partial charge in [0, 0.05) is 9.50 Å². The smallest absolute Gasteiger partial charge is 0.267 e. The van der Waals surface area contributed by atoms with Gasteiger partial charge < -0.3 is 0 Å². The van der Waals surface area contributed by atoms with Gasteiger partial charge in [0.25, 0.3) is 5.91 Å². The molecule has 1 amide bonds. The number of nitrogens with one attached hydrogen (secondary N) is 1. The number of amides is 1. The number of carbonyl (C=O) groups is 1. The summed E-state index contributed by atoms with van der Waals surface area (Å²) in [5.74, 6) is -0.241. The quantitative estimate of drug-likeness (QED) is 0.574. The Bertz CT molecular complexity index is 683. The van der Waals surface area contributed by atoms with E-state index in [1.165, 1.54) is 0 Å². The van der Waals surface area contributed by atoms with E-state index in [0.29, 0.717) is 10.6 Å². The first-order valence-corrected chi connectivity index (χ1v) is 8.16. The maximum absolute atomic E-state index is 12.2. The van der Waals surface area contributed by atoms with Crippen molar-refractivity contribution in [3.63, 3.8) is 0 Å². The molecule has 0 atom stereocenters. The molecule has 0 spiro atoms. The molecular formula is C17H16BrClN2O. The molecule has 0 heterocycles. The van der Waals surface area contributed by atoms with E-state index in [1.807, 2.05) is 42.5 Å². The summed E-state index contributed by atoms with van der Waals surface area (Å²) in [4.78, 5) is 12.2. The van der Waals surface area contributed by atoms with E-state index in [1.54, 1.807) is 6.07 Å². The lowest BCUT2D eigenvalue weighted by atomic mass is 10.1. The molecule has 0 aromatic heterocycles. The molecule has 0 aliphatic heterocycles. The molecule has 2 rings (SSSR count). The van der Waals surface area contributed by atoms with Gasteiger partial charge in [0.05, 0.1) is 11.3 Å². The van der Waals surface area contributed by atoms with Crippen LogP contribution in [-0.4, -0.2) is 11.6 Å². The summed E-state index contributed by atoms with van der Waals surface area (Å²) in [6.07, 6.45) is 1.71. The van der Waals surface area contributed by atoms with Gasteiger partial charge in [-0.1, -0.05) is 49.2 Å². The van der Waals surface area contributed by atoms with E-state index in [-0.39, 0.29) is 5.91 Å². The predicted molar refractivity (Wildman–Crippen MR) is 94.5 cm³/mol. The minimum atomic E-state index is -0.241. The van der Waals surface area contributed by atoms with Crippen LogP contribution in [-0.2, 0) is 0 Å². The van der Waals surface area contributed by atoms with Crippen LogP contribution in [0.15, 0.2) is 58.1 Å². The molecule has 0 aliphatic rings. The normalized spacial score (nSPS) is 11.3. The Morgan fingerprint density at radius 2 is 1.86 bits per heavy atom. The Labute approximate surface area is 143 Å². The number of hydrazone groups is 1. The molecule has 1 N–H and O–H groups in total. The number of hydrogen-bond donors (Lipinski definition) is 1. The highest BCUT2D eigenvalue weighted by Gasteiger charge is 2.09. The van der Waals surface area contributed by atoms with Crippen molar-refractivity contribution in [1.82, 2.24) is 5.43 Å². The van der Waals surface area contributed by atoms with E-state index >= 15 is 0 Å². The van der Waals surface area contributed by atoms with E-state index < -0.39 is 0 Å². The minimum Gasteiger partial charge on any atom is -0.267 e. The fraction of sp³-hybridized carbons (Fsp3) is 0.176. The second-order valence-corrected chi connectivity index (χ2v) is 6.03. The molecule has 0 aliphatic carbocycles. The maximum atomic E-state index is 12.2. The third-order valence-electron chi connectivity index (χ3n) is 3.08. The molecule has 0 fully saturated rings. The van der Waals surface area contributed by atoms with Crippen molar-refractivity contribution in [3.8, 4) is 0 Å². The second-order valence-electron chi connectivity index (χ2n) is 4.74. The fourth-order valence-corrected chi connectivity index (χ4v) is 2.56. The maximum Gasteiger partial charge on any atom is 0.272 e. The van der Waals surface area contributed by atoms with Crippen molar-refractivity contribution in [2.45, 2.75) is 19.8 Å². The van der Waals surface area contributed by atoms with Crippen LogP contribution in [0.2, 0.25) is 5.02 Å². The molecule has 3 nitrogen and oxygen atoms in total. The Hall–Kier alpha value is -1.65. The third-order valence-corrected chi connectivity index (χ3v) is 4.02. The van der Waals surface area contributed by atoms with E-state index in [4.69, 9.17) is 11.6 Å². The van der Waals surface area contributed by atoms with Gasteiger partial charge in [-0.3, -0.25) is 4.79 Å². The topological polar surface area (TPSA) is 41.5 Å². The highest BCUT2D eigenvalue weighted by atomic mass is 79.9. The average Bonchev–Trinajstić information content (AvgIpc) is 2.52. The molecule has 0 radical (unpaired) electrons.